The molecule has 0 aromatic carbocycles. The lowest BCUT2D eigenvalue weighted by Crippen LogP contribution is -2.44. The van der Waals surface area contributed by atoms with Crippen LogP contribution in [0.15, 0.2) is 16.8 Å². The molecule has 26 heavy (non-hydrogen) atoms. The number of hydrogen-bond donors (Lipinski definition) is 1. The van der Waals surface area contributed by atoms with Gasteiger partial charge in [-0.15, -0.1) is 0 Å². The van der Waals surface area contributed by atoms with Gasteiger partial charge in [-0.25, -0.2) is 0 Å². The fourth-order valence-corrected chi connectivity index (χ4v) is 4.64. The van der Waals surface area contributed by atoms with E-state index < -0.39 is 5.60 Å². The lowest BCUT2D eigenvalue weighted by atomic mass is 9.69. The average Bonchev–Trinajstić information content (AvgIpc) is 3.35. The zero-order chi connectivity index (χ0) is 18.5. The molecule has 2 aromatic rings. The van der Waals surface area contributed by atoms with E-state index >= 15 is 0 Å². The monoisotopic (exact) mass is 358 g/mol. The number of rotatable bonds is 3. The maximum absolute atomic E-state index is 12.9. The van der Waals surface area contributed by atoms with Gasteiger partial charge < -0.3 is 14.5 Å². The topological polar surface area (TPSA) is 84.4 Å². The van der Waals surface area contributed by atoms with Crippen LogP contribution in [0.5, 0.6) is 0 Å². The number of aryl methyl sites for hydroxylation is 1. The van der Waals surface area contributed by atoms with Gasteiger partial charge in [0, 0.05) is 37.8 Å². The molecule has 0 bridgehead atoms. The fraction of sp³-hybridized carbons (Fsp3) is 0.632. The van der Waals surface area contributed by atoms with Crippen molar-refractivity contribution in [3.63, 3.8) is 0 Å². The van der Waals surface area contributed by atoms with E-state index in [1.807, 2.05) is 25.8 Å². The second kappa shape index (κ2) is 6.23. The maximum Gasteiger partial charge on any atom is 0.276 e. The molecule has 7 heteroatoms. The molecule has 1 saturated heterocycles. The van der Waals surface area contributed by atoms with Gasteiger partial charge in [0.2, 0.25) is 0 Å². The molecule has 1 amide bonds. The maximum atomic E-state index is 12.9. The molecule has 1 N–H and O–H groups in total. The molecule has 0 spiro atoms. The first-order valence-electron chi connectivity index (χ1n) is 9.40. The normalized spacial score (nSPS) is 28.4. The van der Waals surface area contributed by atoms with Crippen LogP contribution in [0.25, 0.3) is 11.3 Å². The summed E-state index contributed by atoms with van der Waals surface area (Å²) in [6.45, 7) is 5.28. The predicted octanol–water partition coefficient (Wildman–Crippen LogP) is 2.40. The number of amides is 1. The number of fused-ring (bicyclic) bond motifs is 1. The van der Waals surface area contributed by atoms with Crippen molar-refractivity contribution in [2.75, 3.05) is 13.1 Å². The second-order valence-electron chi connectivity index (χ2n) is 7.77. The van der Waals surface area contributed by atoms with E-state index in [0.29, 0.717) is 30.5 Å². The van der Waals surface area contributed by atoms with Gasteiger partial charge in [-0.2, -0.15) is 5.10 Å². The van der Waals surface area contributed by atoms with Crippen LogP contribution in [0.4, 0.5) is 0 Å². The first-order valence-corrected chi connectivity index (χ1v) is 9.40. The first kappa shape index (κ1) is 17.3. The third kappa shape index (κ3) is 2.65. The molecule has 4 rings (SSSR count). The average molecular weight is 358 g/mol. The highest BCUT2D eigenvalue weighted by molar-refractivity contribution is 5.93. The van der Waals surface area contributed by atoms with Crippen LogP contribution < -0.4 is 0 Å². The van der Waals surface area contributed by atoms with Gasteiger partial charge in [0.1, 0.15) is 0 Å². The molecular weight excluding hydrogens is 332 g/mol. The first-order chi connectivity index (χ1) is 12.4. The van der Waals surface area contributed by atoms with Gasteiger partial charge >= 0.3 is 0 Å². The Kier molecular flexibility index (Phi) is 4.14. The van der Waals surface area contributed by atoms with Crippen molar-refractivity contribution in [3.05, 3.63) is 23.7 Å². The summed E-state index contributed by atoms with van der Waals surface area (Å²) in [7, 11) is 1.86. The van der Waals surface area contributed by atoms with Gasteiger partial charge in [0.05, 0.1) is 17.4 Å². The highest BCUT2D eigenvalue weighted by Crippen LogP contribution is 2.44. The van der Waals surface area contributed by atoms with Gasteiger partial charge in [0.15, 0.2) is 11.5 Å². The van der Waals surface area contributed by atoms with Crippen LogP contribution in [0.1, 0.15) is 48.8 Å². The van der Waals surface area contributed by atoms with Crippen LogP contribution >= 0.6 is 0 Å². The summed E-state index contributed by atoms with van der Waals surface area (Å²) in [4.78, 5) is 14.8. The van der Waals surface area contributed by atoms with Crippen molar-refractivity contribution in [1.29, 1.82) is 0 Å². The smallest absolute Gasteiger partial charge is 0.276 e. The highest BCUT2D eigenvalue weighted by atomic mass is 16.5. The molecular formula is C19H26N4O3. The summed E-state index contributed by atoms with van der Waals surface area (Å²) in [6.07, 6.45) is 5.40. The van der Waals surface area contributed by atoms with E-state index in [2.05, 4.69) is 10.3 Å². The summed E-state index contributed by atoms with van der Waals surface area (Å²) >= 11 is 0. The third-order valence-electron chi connectivity index (χ3n) is 6.45. The lowest BCUT2D eigenvalue weighted by molar-refractivity contribution is -0.0609. The van der Waals surface area contributed by atoms with Crippen molar-refractivity contribution >= 4 is 5.91 Å². The SMILES string of the molecule is CC[C@]1(O)CCC[C@H]2CN(C(=O)c3cc(-c4cnn(C)c4C)on3)C[C@H]21. The second-order valence-corrected chi connectivity index (χ2v) is 7.77. The zero-order valence-electron chi connectivity index (χ0n) is 15.6. The number of nitrogens with zero attached hydrogens (tertiary/aromatic N) is 4. The summed E-state index contributed by atoms with van der Waals surface area (Å²) in [5.41, 5.74) is 1.48. The van der Waals surface area contributed by atoms with Crippen LogP contribution in [-0.4, -0.2) is 49.5 Å². The Balaban J connectivity index is 1.53. The third-order valence-corrected chi connectivity index (χ3v) is 6.45. The quantitative estimate of drug-likeness (QED) is 0.911. The number of aliphatic hydroxyl groups is 1. The van der Waals surface area contributed by atoms with E-state index in [-0.39, 0.29) is 11.8 Å². The summed E-state index contributed by atoms with van der Waals surface area (Å²) < 4.78 is 7.17. The van der Waals surface area contributed by atoms with Gasteiger partial charge in [0.25, 0.3) is 5.91 Å². The van der Waals surface area contributed by atoms with E-state index in [1.54, 1.807) is 16.9 Å². The minimum atomic E-state index is -0.639. The molecule has 2 aliphatic rings. The number of carbonyl (C=O) groups is 1. The van der Waals surface area contributed by atoms with Crippen LogP contribution in [0.3, 0.4) is 0 Å². The van der Waals surface area contributed by atoms with E-state index in [9.17, 15) is 9.90 Å². The molecule has 0 unspecified atom stereocenters. The van der Waals surface area contributed by atoms with E-state index in [1.165, 1.54) is 0 Å². The van der Waals surface area contributed by atoms with Crippen molar-refractivity contribution in [1.82, 2.24) is 19.8 Å². The molecule has 3 heterocycles. The lowest BCUT2D eigenvalue weighted by Gasteiger charge is -2.40. The van der Waals surface area contributed by atoms with E-state index in [4.69, 9.17) is 4.52 Å². The molecule has 0 radical (unpaired) electrons. The van der Waals surface area contributed by atoms with Crippen LogP contribution in [-0.2, 0) is 7.05 Å². The molecule has 1 aliphatic heterocycles. The van der Waals surface area contributed by atoms with Crippen LogP contribution in [0, 0.1) is 18.8 Å². The van der Waals surface area contributed by atoms with Gasteiger partial charge in [-0.05, 0) is 32.1 Å². The Morgan fingerprint density at radius 3 is 2.96 bits per heavy atom. The standard InChI is InChI=1S/C19H26N4O3/c1-4-19(25)7-5-6-13-10-23(11-15(13)19)18(24)16-8-17(26-21-16)14-9-20-22(3)12(14)2/h8-9,13,15,25H,4-7,10-11H2,1-3H3/t13-,15+,19-/m0/s1. The molecule has 1 aliphatic carbocycles. The highest BCUT2D eigenvalue weighted by Gasteiger charge is 2.49. The van der Waals surface area contributed by atoms with Gasteiger partial charge in [-0.1, -0.05) is 18.5 Å². The summed E-state index contributed by atoms with van der Waals surface area (Å²) in [5, 5.41) is 19.1. The van der Waals surface area contributed by atoms with Gasteiger partial charge in [-0.3, -0.25) is 9.48 Å². The Morgan fingerprint density at radius 1 is 1.46 bits per heavy atom. The zero-order valence-corrected chi connectivity index (χ0v) is 15.6. The van der Waals surface area contributed by atoms with Crippen LogP contribution in [0.2, 0.25) is 0 Å². The Bertz CT molecular complexity index is 827. The predicted molar refractivity (Wildman–Crippen MR) is 95.4 cm³/mol. The number of hydrogen-bond acceptors (Lipinski definition) is 5. The van der Waals surface area contributed by atoms with E-state index in [0.717, 1.165) is 36.9 Å². The number of likely N-dealkylation sites (tertiary alicyclic amines) is 1. The molecule has 3 atom stereocenters. The van der Waals surface area contributed by atoms with Crippen molar-refractivity contribution in [2.24, 2.45) is 18.9 Å². The minimum absolute atomic E-state index is 0.116. The molecule has 140 valence electrons. The molecule has 2 fully saturated rings. The Morgan fingerprint density at radius 2 is 2.27 bits per heavy atom. The summed E-state index contributed by atoms with van der Waals surface area (Å²) in [5.74, 6) is 0.983. The molecule has 7 nitrogen and oxygen atoms in total. The number of carbonyl (C=O) groups excluding carboxylic acids is 1. The minimum Gasteiger partial charge on any atom is -0.390 e. The summed E-state index contributed by atoms with van der Waals surface area (Å²) in [6, 6.07) is 1.69. The Labute approximate surface area is 153 Å². The van der Waals surface area contributed by atoms with Crippen molar-refractivity contribution in [3.8, 4) is 11.3 Å². The Hall–Kier alpha value is -2.15. The largest absolute Gasteiger partial charge is 0.390 e. The molecule has 2 aromatic heterocycles. The van der Waals surface area contributed by atoms with Crippen molar-refractivity contribution < 1.29 is 14.4 Å². The molecule has 1 saturated carbocycles. The number of aromatic nitrogens is 3. The van der Waals surface area contributed by atoms with Crippen molar-refractivity contribution in [2.45, 2.75) is 45.1 Å². The fourth-order valence-electron chi connectivity index (χ4n) is 4.64.